The fraction of sp³-hybridized carbons (Fsp3) is 0.250. The molecule has 0 fully saturated rings. The molecule has 0 aliphatic carbocycles. The van der Waals surface area contributed by atoms with E-state index in [2.05, 4.69) is 25.3 Å². The number of carboxylic acids is 1. The fourth-order valence-corrected chi connectivity index (χ4v) is 2.23. The van der Waals surface area contributed by atoms with Crippen molar-refractivity contribution in [2.24, 2.45) is 0 Å². The molecule has 9 heteroatoms. The van der Waals surface area contributed by atoms with Gasteiger partial charge in [0.1, 0.15) is 12.4 Å². The Hall–Kier alpha value is -2.97. The number of carboxylic acid groups (broad SMARTS) is 1. The van der Waals surface area contributed by atoms with Gasteiger partial charge in [-0.1, -0.05) is 0 Å². The molecule has 2 aromatic rings. The number of H-pyrrole nitrogens is 1. The van der Waals surface area contributed by atoms with Gasteiger partial charge in [-0.3, -0.25) is 0 Å². The first-order chi connectivity index (χ1) is 10.1. The second-order valence-corrected chi connectivity index (χ2v) is 4.57. The van der Waals surface area contributed by atoms with Gasteiger partial charge in [0.2, 0.25) is 0 Å². The number of urea groups is 1. The number of carbonyl (C=O) groups is 2. The molecule has 1 aliphatic heterocycles. The number of hydrogen-bond donors (Lipinski definition) is 3. The van der Waals surface area contributed by atoms with Crippen LogP contribution in [0, 0.1) is 0 Å². The molecule has 1 unspecified atom stereocenters. The van der Waals surface area contributed by atoms with Crippen molar-refractivity contribution in [2.45, 2.75) is 19.0 Å². The van der Waals surface area contributed by atoms with Gasteiger partial charge < -0.3 is 20.3 Å². The summed E-state index contributed by atoms with van der Waals surface area (Å²) in [6, 6.07) is -1.47. The molecule has 3 N–H and O–H groups in total. The third-order valence-corrected chi connectivity index (χ3v) is 3.26. The van der Waals surface area contributed by atoms with E-state index in [4.69, 9.17) is 0 Å². The van der Waals surface area contributed by atoms with Crippen LogP contribution >= 0.6 is 0 Å². The van der Waals surface area contributed by atoms with Crippen molar-refractivity contribution in [3.8, 4) is 0 Å². The zero-order valence-corrected chi connectivity index (χ0v) is 10.9. The van der Waals surface area contributed by atoms with Crippen LogP contribution in [0.4, 0.5) is 10.5 Å². The van der Waals surface area contributed by atoms with Crippen LogP contribution in [0.15, 0.2) is 25.0 Å². The van der Waals surface area contributed by atoms with E-state index in [1.54, 1.807) is 0 Å². The molecule has 1 atom stereocenters. The molecule has 9 nitrogen and oxygen atoms in total. The topological polar surface area (TPSA) is 124 Å². The quantitative estimate of drug-likeness (QED) is 0.727. The van der Waals surface area contributed by atoms with E-state index in [1.807, 2.05) is 0 Å². The van der Waals surface area contributed by atoms with E-state index < -0.39 is 18.0 Å². The number of hydrogen-bond acceptors (Lipinski definition) is 5. The molecule has 0 saturated heterocycles. The molecule has 3 rings (SSSR count). The predicted octanol–water partition coefficient (Wildman–Crippen LogP) is 0.243. The summed E-state index contributed by atoms with van der Waals surface area (Å²) in [6.07, 6.45) is 5.88. The Morgan fingerprint density at radius 2 is 2.14 bits per heavy atom. The van der Waals surface area contributed by atoms with E-state index >= 15 is 0 Å². The largest absolute Gasteiger partial charge is 0.480 e. The Morgan fingerprint density at radius 1 is 1.38 bits per heavy atom. The Morgan fingerprint density at radius 3 is 2.86 bits per heavy atom. The van der Waals surface area contributed by atoms with Crippen LogP contribution in [0.3, 0.4) is 0 Å². The fourth-order valence-electron chi connectivity index (χ4n) is 2.23. The summed E-state index contributed by atoms with van der Waals surface area (Å²) in [5.41, 5.74) is 1.82. The summed E-state index contributed by atoms with van der Waals surface area (Å²) < 4.78 is 0. The van der Waals surface area contributed by atoms with Gasteiger partial charge in [0.25, 0.3) is 0 Å². The second kappa shape index (κ2) is 5.19. The van der Waals surface area contributed by atoms with Crippen LogP contribution < -0.4 is 5.32 Å². The number of fused-ring (bicyclic) bond motifs is 1. The number of rotatable bonds is 2. The first-order valence-corrected chi connectivity index (χ1v) is 6.21. The molecule has 0 aromatic carbocycles. The minimum atomic E-state index is -1.07. The van der Waals surface area contributed by atoms with Crippen molar-refractivity contribution in [3.05, 3.63) is 36.4 Å². The summed E-state index contributed by atoms with van der Waals surface area (Å²) in [4.78, 5) is 39.5. The van der Waals surface area contributed by atoms with Gasteiger partial charge in [-0.25, -0.2) is 24.5 Å². The molecule has 21 heavy (non-hydrogen) atoms. The van der Waals surface area contributed by atoms with E-state index in [-0.39, 0.29) is 13.0 Å². The molecule has 0 spiro atoms. The standard InChI is InChI=1S/C12H12N6O3/c19-11(20)10-1-8-9(16-6-15-8)4-18(10)12(21)17-7-2-13-5-14-3-7/h2-3,5-6,10H,1,4H2,(H,15,16)(H,17,21)(H,19,20). The van der Waals surface area contributed by atoms with Crippen LogP contribution in [-0.2, 0) is 17.8 Å². The normalized spacial score (nSPS) is 17.1. The lowest BCUT2D eigenvalue weighted by molar-refractivity contribution is -0.142. The zero-order chi connectivity index (χ0) is 14.8. The highest BCUT2D eigenvalue weighted by Gasteiger charge is 2.36. The van der Waals surface area contributed by atoms with Crippen molar-refractivity contribution >= 4 is 17.7 Å². The van der Waals surface area contributed by atoms with Gasteiger partial charge in [0.15, 0.2) is 0 Å². The van der Waals surface area contributed by atoms with Crippen LogP contribution in [0.1, 0.15) is 11.4 Å². The number of aromatic nitrogens is 4. The van der Waals surface area contributed by atoms with E-state index in [0.717, 1.165) is 5.69 Å². The number of aliphatic carboxylic acids is 1. The summed E-state index contributed by atoms with van der Waals surface area (Å²) in [6.45, 7) is 0.159. The third kappa shape index (κ3) is 2.53. The van der Waals surface area contributed by atoms with Crippen LogP contribution in [0.25, 0.3) is 0 Å². The molecule has 0 radical (unpaired) electrons. The predicted molar refractivity (Wildman–Crippen MR) is 70.3 cm³/mol. The summed E-state index contributed by atoms with van der Waals surface area (Å²) in [5.74, 6) is -1.07. The molecule has 2 amide bonds. The summed E-state index contributed by atoms with van der Waals surface area (Å²) in [5, 5.41) is 11.9. The first kappa shape index (κ1) is 13.0. The number of anilines is 1. The van der Waals surface area contributed by atoms with Crippen molar-refractivity contribution in [1.82, 2.24) is 24.8 Å². The van der Waals surface area contributed by atoms with Crippen molar-refractivity contribution in [2.75, 3.05) is 5.32 Å². The van der Waals surface area contributed by atoms with Crippen LogP contribution in [-0.4, -0.2) is 48.0 Å². The lowest BCUT2D eigenvalue weighted by Crippen LogP contribution is -2.50. The number of nitrogens with zero attached hydrogens (tertiary/aromatic N) is 4. The smallest absolute Gasteiger partial charge is 0.326 e. The average molecular weight is 288 g/mol. The maximum Gasteiger partial charge on any atom is 0.326 e. The lowest BCUT2D eigenvalue weighted by atomic mass is 10.0. The van der Waals surface area contributed by atoms with Gasteiger partial charge in [-0.2, -0.15) is 0 Å². The molecule has 0 bridgehead atoms. The zero-order valence-electron chi connectivity index (χ0n) is 10.9. The van der Waals surface area contributed by atoms with Crippen molar-refractivity contribution in [3.63, 3.8) is 0 Å². The Balaban J connectivity index is 1.82. The van der Waals surface area contributed by atoms with Crippen LogP contribution in [0.2, 0.25) is 0 Å². The molecular formula is C12H12N6O3. The Bertz CT molecular complexity index is 671. The van der Waals surface area contributed by atoms with Gasteiger partial charge >= 0.3 is 12.0 Å². The minimum absolute atomic E-state index is 0.159. The van der Waals surface area contributed by atoms with Crippen molar-refractivity contribution < 1.29 is 14.7 Å². The van der Waals surface area contributed by atoms with Gasteiger partial charge in [-0.05, 0) is 0 Å². The van der Waals surface area contributed by atoms with E-state index in [9.17, 15) is 14.7 Å². The molecule has 0 saturated carbocycles. The highest BCUT2D eigenvalue weighted by atomic mass is 16.4. The second-order valence-electron chi connectivity index (χ2n) is 4.57. The molecular weight excluding hydrogens is 276 g/mol. The number of imidazole rings is 1. The maximum absolute atomic E-state index is 12.3. The Labute approximate surface area is 119 Å². The Kier molecular flexibility index (Phi) is 3.22. The van der Waals surface area contributed by atoms with E-state index in [0.29, 0.717) is 11.4 Å². The SMILES string of the molecule is O=C(O)C1Cc2nc[nH]c2CN1C(=O)Nc1cncnc1. The number of nitrogens with one attached hydrogen (secondary N) is 2. The summed E-state index contributed by atoms with van der Waals surface area (Å²) >= 11 is 0. The maximum atomic E-state index is 12.3. The first-order valence-electron chi connectivity index (χ1n) is 6.21. The molecule has 1 aliphatic rings. The monoisotopic (exact) mass is 288 g/mol. The molecule has 3 heterocycles. The number of aromatic amines is 1. The number of carbonyl (C=O) groups excluding carboxylic acids is 1. The highest BCUT2D eigenvalue weighted by molar-refractivity contribution is 5.92. The van der Waals surface area contributed by atoms with Gasteiger partial charge in [0, 0.05) is 6.42 Å². The average Bonchev–Trinajstić information content (AvgIpc) is 2.94. The van der Waals surface area contributed by atoms with Crippen LogP contribution in [0.5, 0.6) is 0 Å². The number of amides is 2. The summed E-state index contributed by atoms with van der Waals surface area (Å²) in [7, 11) is 0. The molecule has 108 valence electrons. The third-order valence-electron chi connectivity index (χ3n) is 3.26. The van der Waals surface area contributed by atoms with E-state index in [1.165, 1.54) is 29.9 Å². The molecule has 2 aromatic heterocycles. The van der Waals surface area contributed by atoms with Crippen molar-refractivity contribution in [1.29, 1.82) is 0 Å². The van der Waals surface area contributed by atoms with Gasteiger partial charge in [-0.15, -0.1) is 0 Å². The van der Waals surface area contributed by atoms with Gasteiger partial charge in [0.05, 0.1) is 42.3 Å². The highest BCUT2D eigenvalue weighted by Crippen LogP contribution is 2.21. The lowest BCUT2D eigenvalue weighted by Gasteiger charge is -2.32. The minimum Gasteiger partial charge on any atom is -0.480 e.